The van der Waals surface area contributed by atoms with Crippen molar-refractivity contribution in [3.05, 3.63) is 59.7 Å². The summed E-state index contributed by atoms with van der Waals surface area (Å²) in [5.41, 5.74) is 1.73. The fourth-order valence-corrected chi connectivity index (χ4v) is 5.26. The summed E-state index contributed by atoms with van der Waals surface area (Å²) in [6.45, 7) is 5.77. The number of ether oxygens (including phenoxy) is 1. The molecule has 166 valence electrons. The number of nitrogens with zero attached hydrogens (tertiary/aromatic N) is 1. The van der Waals surface area contributed by atoms with E-state index in [9.17, 15) is 18.0 Å². The van der Waals surface area contributed by atoms with E-state index >= 15 is 0 Å². The van der Waals surface area contributed by atoms with Crippen LogP contribution in [0.15, 0.2) is 53.4 Å². The Morgan fingerprint density at radius 2 is 1.77 bits per heavy atom. The first-order chi connectivity index (χ1) is 14.7. The van der Waals surface area contributed by atoms with Crippen molar-refractivity contribution in [3.8, 4) is 0 Å². The molecule has 1 heterocycles. The van der Waals surface area contributed by atoms with Gasteiger partial charge in [-0.3, -0.25) is 4.79 Å². The van der Waals surface area contributed by atoms with Gasteiger partial charge in [0, 0.05) is 18.3 Å². The summed E-state index contributed by atoms with van der Waals surface area (Å²) >= 11 is 0. The molecule has 0 bridgehead atoms. The van der Waals surface area contributed by atoms with Crippen LogP contribution in [-0.2, 0) is 19.6 Å². The molecule has 2 atom stereocenters. The molecule has 1 N–H and O–H groups in total. The Labute approximate surface area is 183 Å². The highest BCUT2D eigenvalue weighted by molar-refractivity contribution is 7.89. The van der Waals surface area contributed by atoms with E-state index < -0.39 is 28.0 Å². The number of benzene rings is 2. The van der Waals surface area contributed by atoms with E-state index in [4.69, 9.17) is 4.74 Å². The van der Waals surface area contributed by atoms with Gasteiger partial charge in [-0.1, -0.05) is 24.6 Å². The molecule has 2 unspecified atom stereocenters. The predicted molar refractivity (Wildman–Crippen MR) is 118 cm³/mol. The molecule has 1 fully saturated rings. The maximum absolute atomic E-state index is 12.9. The van der Waals surface area contributed by atoms with E-state index in [1.54, 1.807) is 12.1 Å². The highest BCUT2D eigenvalue weighted by atomic mass is 32.2. The van der Waals surface area contributed by atoms with Crippen molar-refractivity contribution in [2.24, 2.45) is 0 Å². The molecule has 1 aliphatic rings. The van der Waals surface area contributed by atoms with Crippen LogP contribution in [-0.4, -0.2) is 43.3 Å². The standard InChI is InChI=1S/C23H28N2O5S/c1-16-8-4-5-10-21(16)24-22(26)18(3)30-23(27)19-11-13-20(14-12-19)31(28,29)25-15-7-6-9-17(25)2/h4-5,8,10-14,17-18H,6-7,9,15H2,1-3H3,(H,24,26). The fraction of sp³-hybridized carbons (Fsp3) is 0.391. The molecule has 0 aromatic heterocycles. The third-order valence-electron chi connectivity index (χ3n) is 5.49. The lowest BCUT2D eigenvalue weighted by atomic mass is 10.1. The molecule has 3 rings (SSSR count). The number of aryl methyl sites for hydroxylation is 1. The minimum atomic E-state index is -3.61. The van der Waals surface area contributed by atoms with Crippen LogP contribution < -0.4 is 5.32 Å². The first-order valence-electron chi connectivity index (χ1n) is 10.4. The van der Waals surface area contributed by atoms with Crippen LogP contribution in [0.4, 0.5) is 5.69 Å². The molecule has 7 nitrogen and oxygen atoms in total. The summed E-state index contributed by atoms with van der Waals surface area (Å²) in [7, 11) is -3.61. The summed E-state index contributed by atoms with van der Waals surface area (Å²) in [6.07, 6.45) is 1.69. The number of para-hydroxylation sites is 1. The van der Waals surface area contributed by atoms with Gasteiger partial charge in [0.2, 0.25) is 10.0 Å². The maximum atomic E-state index is 12.9. The van der Waals surface area contributed by atoms with Crippen molar-refractivity contribution in [2.45, 2.75) is 57.1 Å². The van der Waals surface area contributed by atoms with E-state index in [2.05, 4.69) is 5.32 Å². The Hall–Kier alpha value is -2.71. The van der Waals surface area contributed by atoms with Crippen LogP contribution >= 0.6 is 0 Å². The smallest absolute Gasteiger partial charge is 0.338 e. The van der Waals surface area contributed by atoms with Crippen molar-refractivity contribution in [1.29, 1.82) is 0 Å². The van der Waals surface area contributed by atoms with Gasteiger partial charge in [0.1, 0.15) is 0 Å². The third-order valence-corrected chi connectivity index (χ3v) is 7.52. The zero-order valence-corrected chi connectivity index (χ0v) is 18.8. The summed E-state index contributed by atoms with van der Waals surface area (Å²) in [5, 5.41) is 2.74. The average molecular weight is 445 g/mol. The number of nitrogens with one attached hydrogen (secondary N) is 1. The zero-order chi connectivity index (χ0) is 22.6. The van der Waals surface area contributed by atoms with Crippen LogP contribution in [0.2, 0.25) is 0 Å². The Kier molecular flexibility index (Phi) is 7.12. The van der Waals surface area contributed by atoms with Crippen molar-refractivity contribution < 1.29 is 22.7 Å². The Bertz CT molecular complexity index is 1050. The van der Waals surface area contributed by atoms with Crippen LogP contribution in [0, 0.1) is 6.92 Å². The lowest BCUT2D eigenvalue weighted by molar-refractivity contribution is -0.123. The number of sulfonamides is 1. The summed E-state index contributed by atoms with van der Waals surface area (Å²) < 4.78 is 32.6. The quantitative estimate of drug-likeness (QED) is 0.685. The number of carbonyl (C=O) groups excluding carboxylic acids is 2. The number of esters is 1. The van der Waals surface area contributed by atoms with Crippen LogP contribution in [0.25, 0.3) is 0 Å². The van der Waals surface area contributed by atoms with Crippen molar-refractivity contribution in [2.75, 3.05) is 11.9 Å². The molecule has 1 aliphatic heterocycles. The SMILES string of the molecule is Cc1ccccc1NC(=O)C(C)OC(=O)c1ccc(S(=O)(=O)N2CCCCC2C)cc1. The molecule has 0 aliphatic carbocycles. The van der Waals surface area contributed by atoms with Crippen molar-refractivity contribution >= 4 is 27.6 Å². The minimum absolute atomic E-state index is 0.0454. The molecule has 0 radical (unpaired) electrons. The van der Waals surface area contributed by atoms with Gasteiger partial charge in [-0.2, -0.15) is 4.31 Å². The average Bonchev–Trinajstić information content (AvgIpc) is 2.75. The van der Waals surface area contributed by atoms with E-state index in [1.165, 1.54) is 35.5 Å². The van der Waals surface area contributed by atoms with E-state index in [0.717, 1.165) is 24.8 Å². The number of hydrogen-bond donors (Lipinski definition) is 1. The lowest BCUT2D eigenvalue weighted by Gasteiger charge is -2.32. The summed E-state index contributed by atoms with van der Waals surface area (Å²) in [6, 6.07) is 12.9. The molecule has 0 saturated carbocycles. The van der Waals surface area contributed by atoms with Crippen LogP contribution in [0.3, 0.4) is 0 Å². The number of rotatable bonds is 6. The first kappa shape index (κ1) is 23.0. The number of amides is 1. The monoisotopic (exact) mass is 444 g/mol. The van der Waals surface area contributed by atoms with Crippen molar-refractivity contribution in [3.63, 3.8) is 0 Å². The normalized spacial score (nSPS) is 18.2. The molecule has 1 saturated heterocycles. The van der Waals surface area contributed by atoms with Gasteiger partial charge >= 0.3 is 5.97 Å². The molecule has 2 aromatic rings. The molecule has 8 heteroatoms. The number of carbonyl (C=O) groups is 2. The van der Waals surface area contributed by atoms with Gasteiger partial charge < -0.3 is 10.1 Å². The van der Waals surface area contributed by atoms with Gasteiger partial charge in [0.25, 0.3) is 5.91 Å². The first-order valence-corrected chi connectivity index (χ1v) is 11.8. The molecular weight excluding hydrogens is 416 g/mol. The lowest BCUT2D eigenvalue weighted by Crippen LogP contribution is -2.41. The van der Waals surface area contributed by atoms with Gasteiger partial charge in [-0.15, -0.1) is 0 Å². The molecule has 2 aromatic carbocycles. The van der Waals surface area contributed by atoms with Crippen LogP contribution in [0.1, 0.15) is 49.0 Å². The van der Waals surface area contributed by atoms with Gasteiger partial charge in [-0.25, -0.2) is 13.2 Å². The van der Waals surface area contributed by atoms with E-state index in [-0.39, 0.29) is 16.5 Å². The second kappa shape index (κ2) is 9.62. The Morgan fingerprint density at radius 3 is 2.42 bits per heavy atom. The van der Waals surface area contributed by atoms with Gasteiger partial charge in [-0.05, 0) is 69.5 Å². The van der Waals surface area contributed by atoms with Gasteiger partial charge in [0.15, 0.2) is 6.10 Å². The summed E-state index contributed by atoms with van der Waals surface area (Å²) in [4.78, 5) is 24.9. The Balaban J connectivity index is 1.64. The second-order valence-electron chi connectivity index (χ2n) is 7.84. The highest BCUT2D eigenvalue weighted by Crippen LogP contribution is 2.25. The Morgan fingerprint density at radius 1 is 1.10 bits per heavy atom. The van der Waals surface area contributed by atoms with E-state index in [0.29, 0.717) is 12.2 Å². The number of anilines is 1. The minimum Gasteiger partial charge on any atom is -0.449 e. The topological polar surface area (TPSA) is 92.8 Å². The molecule has 31 heavy (non-hydrogen) atoms. The summed E-state index contributed by atoms with van der Waals surface area (Å²) in [5.74, 6) is -1.14. The third kappa shape index (κ3) is 5.32. The highest BCUT2D eigenvalue weighted by Gasteiger charge is 2.31. The second-order valence-corrected chi connectivity index (χ2v) is 9.73. The fourth-order valence-electron chi connectivity index (χ4n) is 3.56. The molecule has 1 amide bonds. The predicted octanol–water partition coefficient (Wildman–Crippen LogP) is 3.74. The molecule has 0 spiro atoms. The number of hydrogen-bond acceptors (Lipinski definition) is 5. The zero-order valence-electron chi connectivity index (χ0n) is 18.0. The number of piperidine rings is 1. The molecular formula is C23H28N2O5S. The van der Waals surface area contributed by atoms with E-state index in [1.807, 2.05) is 26.0 Å². The van der Waals surface area contributed by atoms with Gasteiger partial charge in [0.05, 0.1) is 10.5 Å². The van der Waals surface area contributed by atoms with Crippen LogP contribution in [0.5, 0.6) is 0 Å². The van der Waals surface area contributed by atoms with Crippen molar-refractivity contribution in [1.82, 2.24) is 4.31 Å². The largest absolute Gasteiger partial charge is 0.449 e. The maximum Gasteiger partial charge on any atom is 0.338 e.